The first kappa shape index (κ1) is 7.55. The molecule has 0 spiro atoms. The first-order valence-corrected chi connectivity index (χ1v) is 4.27. The van der Waals surface area contributed by atoms with Gasteiger partial charge in [0.05, 0.1) is 12.0 Å². The summed E-state index contributed by atoms with van der Waals surface area (Å²) in [5.74, 6) is 0. The second-order valence-corrected chi connectivity index (χ2v) is 3.09. The van der Waals surface area contributed by atoms with Gasteiger partial charge in [-0.3, -0.25) is 0 Å². The van der Waals surface area contributed by atoms with E-state index in [1.807, 2.05) is 12.5 Å². The predicted octanol–water partition coefficient (Wildman–Crippen LogP) is 1.23. The summed E-state index contributed by atoms with van der Waals surface area (Å²) in [5.41, 5.74) is 6.71. The van der Waals surface area contributed by atoms with Gasteiger partial charge in [-0.1, -0.05) is 12.2 Å². The standard InChI is InChI=1S/C9H13N3/c10-5-9-6-11-7-12(9)8-3-1-2-4-8/h1-2,6-8H,3-5,10H2. The molecule has 1 aliphatic carbocycles. The summed E-state index contributed by atoms with van der Waals surface area (Å²) in [7, 11) is 0. The number of hydrogen-bond acceptors (Lipinski definition) is 2. The normalized spacial score (nSPS) is 17.4. The highest BCUT2D eigenvalue weighted by Gasteiger charge is 2.13. The lowest BCUT2D eigenvalue weighted by atomic mass is 10.2. The molecular weight excluding hydrogens is 150 g/mol. The van der Waals surface area contributed by atoms with Crippen molar-refractivity contribution >= 4 is 0 Å². The Kier molecular flexibility index (Phi) is 1.96. The van der Waals surface area contributed by atoms with E-state index in [9.17, 15) is 0 Å². The van der Waals surface area contributed by atoms with E-state index in [1.54, 1.807) is 0 Å². The van der Waals surface area contributed by atoms with E-state index < -0.39 is 0 Å². The molecule has 2 N–H and O–H groups in total. The Morgan fingerprint density at radius 2 is 2.25 bits per heavy atom. The van der Waals surface area contributed by atoms with Crippen molar-refractivity contribution in [2.45, 2.75) is 25.4 Å². The third-order valence-corrected chi connectivity index (χ3v) is 2.33. The second-order valence-electron chi connectivity index (χ2n) is 3.09. The van der Waals surface area contributed by atoms with Gasteiger partial charge in [0.1, 0.15) is 0 Å². The number of rotatable bonds is 2. The smallest absolute Gasteiger partial charge is 0.0951 e. The molecule has 1 heterocycles. The molecule has 0 saturated heterocycles. The van der Waals surface area contributed by atoms with E-state index in [1.165, 1.54) is 0 Å². The van der Waals surface area contributed by atoms with Gasteiger partial charge in [0, 0.05) is 18.8 Å². The molecule has 0 amide bonds. The highest BCUT2D eigenvalue weighted by molar-refractivity contribution is 5.05. The van der Waals surface area contributed by atoms with Crippen molar-refractivity contribution in [3.63, 3.8) is 0 Å². The van der Waals surface area contributed by atoms with E-state index in [0.29, 0.717) is 12.6 Å². The molecule has 0 aliphatic heterocycles. The molecule has 0 aromatic carbocycles. The molecule has 0 bridgehead atoms. The van der Waals surface area contributed by atoms with E-state index in [-0.39, 0.29) is 0 Å². The largest absolute Gasteiger partial charge is 0.330 e. The first-order chi connectivity index (χ1) is 5.92. The van der Waals surface area contributed by atoms with Crippen molar-refractivity contribution in [1.29, 1.82) is 0 Å². The predicted molar refractivity (Wildman–Crippen MR) is 47.5 cm³/mol. The van der Waals surface area contributed by atoms with Crippen LogP contribution < -0.4 is 5.73 Å². The van der Waals surface area contributed by atoms with Crippen molar-refractivity contribution in [2.24, 2.45) is 5.73 Å². The van der Waals surface area contributed by atoms with Crippen LogP contribution in [-0.2, 0) is 6.54 Å². The molecule has 1 aromatic heterocycles. The highest BCUT2D eigenvalue weighted by atomic mass is 15.1. The van der Waals surface area contributed by atoms with Crippen LogP contribution in [0.25, 0.3) is 0 Å². The first-order valence-electron chi connectivity index (χ1n) is 4.27. The average Bonchev–Trinajstić information content (AvgIpc) is 2.74. The summed E-state index contributed by atoms with van der Waals surface area (Å²) < 4.78 is 2.18. The van der Waals surface area contributed by atoms with Gasteiger partial charge < -0.3 is 10.3 Å². The third-order valence-electron chi connectivity index (χ3n) is 2.33. The molecule has 0 atom stereocenters. The van der Waals surface area contributed by atoms with Crippen LogP contribution in [0.4, 0.5) is 0 Å². The Hall–Kier alpha value is -1.09. The van der Waals surface area contributed by atoms with Gasteiger partial charge in [-0.05, 0) is 12.8 Å². The van der Waals surface area contributed by atoms with E-state index in [0.717, 1.165) is 18.5 Å². The van der Waals surface area contributed by atoms with Gasteiger partial charge in [0.25, 0.3) is 0 Å². The summed E-state index contributed by atoms with van der Waals surface area (Å²) in [6.45, 7) is 0.580. The van der Waals surface area contributed by atoms with Gasteiger partial charge in [0.15, 0.2) is 0 Å². The monoisotopic (exact) mass is 163 g/mol. The second kappa shape index (κ2) is 3.11. The highest BCUT2D eigenvalue weighted by Crippen LogP contribution is 2.24. The summed E-state index contributed by atoms with van der Waals surface area (Å²) in [4.78, 5) is 4.09. The number of nitrogens with two attached hydrogens (primary N) is 1. The summed E-state index contributed by atoms with van der Waals surface area (Å²) in [6.07, 6.45) is 10.4. The fraction of sp³-hybridized carbons (Fsp3) is 0.444. The third kappa shape index (κ3) is 1.16. The van der Waals surface area contributed by atoms with Crippen LogP contribution in [0, 0.1) is 0 Å². The van der Waals surface area contributed by atoms with Crippen molar-refractivity contribution in [3.8, 4) is 0 Å². The zero-order valence-corrected chi connectivity index (χ0v) is 6.98. The van der Waals surface area contributed by atoms with Crippen molar-refractivity contribution in [2.75, 3.05) is 0 Å². The number of nitrogens with zero attached hydrogens (tertiary/aromatic N) is 2. The number of hydrogen-bond donors (Lipinski definition) is 1. The molecule has 1 aromatic rings. The molecule has 0 unspecified atom stereocenters. The lowest BCUT2D eigenvalue weighted by Gasteiger charge is -2.13. The quantitative estimate of drug-likeness (QED) is 0.666. The molecule has 2 rings (SSSR count). The van der Waals surface area contributed by atoms with Crippen LogP contribution >= 0.6 is 0 Å². The maximum atomic E-state index is 5.58. The molecular formula is C9H13N3. The van der Waals surface area contributed by atoms with Crippen LogP contribution in [0.5, 0.6) is 0 Å². The Morgan fingerprint density at radius 1 is 1.50 bits per heavy atom. The van der Waals surface area contributed by atoms with E-state index >= 15 is 0 Å². The SMILES string of the molecule is NCc1cncn1C1CC=CC1. The zero-order valence-electron chi connectivity index (χ0n) is 6.98. The zero-order chi connectivity index (χ0) is 8.39. The van der Waals surface area contributed by atoms with Gasteiger partial charge in [-0.15, -0.1) is 0 Å². The van der Waals surface area contributed by atoms with Crippen molar-refractivity contribution in [1.82, 2.24) is 9.55 Å². The number of imidazole rings is 1. The number of aromatic nitrogens is 2. The van der Waals surface area contributed by atoms with Crippen LogP contribution in [0.1, 0.15) is 24.6 Å². The Labute approximate surface area is 71.9 Å². The van der Waals surface area contributed by atoms with Crippen molar-refractivity contribution in [3.05, 3.63) is 30.4 Å². The summed E-state index contributed by atoms with van der Waals surface area (Å²) in [6, 6.07) is 0.561. The van der Waals surface area contributed by atoms with Gasteiger partial charge in [-0.2, -0.15) is 0 Å². The molecule has 3 nitrogen and oxygen atoms in total. The fourth-order valence-electron chi connectivity index (χ4n) is 1.65. The average molecular weight is 163 g/mol. The molecule has 64 valence electrons. The van der Waals surface area contributed by atoms with Crippen LogP contribution in [0.2, 0.25) is 0 Å². The molecule has 0 fully saturated rings. The van der Waals surface area contributed by atoms with Crippen LogP contribution in [0.3, 0.4) is 0 Å². The molecule has 0 radical (unpaired) electrons. The molecule has 0 saturated carbocycles. The van der Waals surface area contributed by atoms with Gasteiger partial charge in [-0.25, -0.2) is 4.98 Å². The summed E-state index contributed by atoms with van der Waals surface area (Å²) in [5, 5.41) is 0. The van der Waals surface area contributed by atoms with Crippen molar-refractivity contribution < 1.29 is 0 Å². The van der Waals surface area contributed by atoms with Crippen LogP contribution in [0.15, 0.2) is 24.7 Å². The minimum absolute atomic E-state index is 0.561. The van der Waals surface area contributed by atoms with E-state index in [4.69, 9.17) is 5.73 Å². The molecule has 12 heavy (non-hydrogen) atoms. The van der Waals surface area contributed by atoms with Gasteiger partial charge >= 0.3 is 0 Å². The van der Waals surface area contributed by atoms with E-state index in [2.05, 4.69) is 21.7 Å². The minimum atomic E-state index is 0.561. The van der Waals surface area contributed by atoms with Gasteiger partial charge in [0.2, 0.25) is 0 Å². The Balaban J connectivity index is 2.21. The molecule has 3 heteroatoms. The minimum Gasteiger partial charge on any atom is -0.330 e. The Morgan fingerprint density at radius 3 is 2.92 bits per heavy atom. The lowest BCUT2D eigenvalue weighted by molar-refractivity contribution is 0.517. The maximum Gasteiger partial charge on any atom is 0.0951 e. The number of allylic oxidation sites excluding steroid dienone is 2. The summed E-state index contributed by atoms with van der Waals surface area (Å²) >= 11 is 0. The maximum absolute atomic E-state index is 5.58. The lowest BCUT2D eigenvalue weighted by Crippen LogP contribution is -2.10. The Bertz CT molecular complexity index is 280. The molecule has 1 aliphatic rings. The fourth-order valence-corrected chi connectivity index (χ4v) is 1.65. The van der Waals surface area contributed by atoms with Crippen LogP contribution in [-0.4, -0.2) is 9.55 Å². The topological polar surface area (TPSA) is 43.8 Å².